The van der Waals surface area contributed by atoms with Crippen LogP contribution >= 0.6 is 0 Å². The third-order valence-corrected chi connectivity index (χ3v) is 3.75. The molecule has 0 unspecified atom stereocenters. The standard InChI is InChI=1S/C15H17N9O/c1-8-18-13(22-15(16)19-8)12-14(20-10-3-5-17-23-10)21-11-7-9(25-2)4-6-24(11)12/h4,6-7,17H,3,5H2,1-2H3,(H,20,23)(H2,16,18,19,22). The van der Waals surface area contributed by atoms with E-state index in [2.05, 4.69) is 35.8 Å². The molecule has 10 nitrogen and oxygen atoms in total. The van der Waals surface area contributed by atoms with Gasteiger partial charge in [-0.3, -0.25) is 4.40 Å². The average molecular weight is 339 g/mol. The largest absolute Gasteiger partial charge is 0.497 e. The summed E-state index contributed by atoms with van der Waals surface area (Å²) in [6.45, 7) is 2.58. The number of hydrogen-bond donors (Lipinski definition) is 3. The summed E-state index contributed by atoms with van der Waals surface area (Å²) in [5, 5.41) is 0. The van der Waals surface area contributed by atoms with Gasteiger partial charge in [-0.15, -0.1) is 0 Å². The van der Waals surface area contributed by atoms with E-state index in [-0.39, 0.29) is 5.95 Å². The van der Waals surface area contributed by atoms with Gasteiger partial charge >= 0.3 is 0 Å². The smallest absolute Gasteiger partial charge is 0.223 e. The summed E-state index contributed by atoms with van der Waals surface area (Å²) in [6.07, 6.45) is 2.63. The van der Waals surface area contributed by atoms with E-state index in [0.29, 0.717) is 34.6 Å². The molecule has 3 aromatic heterocycles. The first-order chi connectivity index (χ1) is 12.1. The fourth-order valence-electron chi connectivity index (χ4n) is 2.65. The number of nitrogens with one attached hydrogen (secondary N) is 2. The van der Waals surface area contributed by atoms with E-state index in [4.69, 9.17) is 10.5 Å². The van der Waals surface area contributed by atoms with Crippen LogP contribution in [0.15, 0.2) is 23.3 Å². The molecular weight excluding hydrogens is 322 g/mol. The van der Waals surface area contributed by atoms with Crippen LogP contribution in [0.5, 0.6) is 5.75 Å². The summed E-state index contributed by atoms with van der Waals surface area (Å²) in [6, 6.07) is 3.66. The Morgan fingerprint density at radius 1 is 1.28 bits per heavy atom. The van der Waals surface area contributed by atoms with Crippen LogP contribution in [0.3, 0.4) is 0 Å². The highest BCUT2D eigenvalue weighted by atomic mass is 16.5. The number of aryl methyl sites for hydroxylation is 1. The number of nitrogens with zero attached hydrogens (tertiary/aromatic N) is 6. The Bertz CT molecular complexity index is 950. The second-order valence-electron chi connectivity index (χ2n) is 5.50. The molecule has 0 spiro atoms. The number of ether oxygens (including phenoxy) is 1. The van der Waals surface area contributed by atoms with Gasteiger partial charge < -0.3 is 15.9 Å². The normalized spacial score (nSPS) is 15.7. The topological polar surface area (TPSA) is 128 Å². The van der Waals surface area contributed by atoms with Crippen molar-refractivity contribution in [1.29, 1.82) is 0 Å². The molecule has 4 rings (SSSR count). The van der Waals surface area contributed by atoms with Gasteiger partial charge in [-0.2, -0.15) is 9.97 Å². The first kappa shape index (κ1) is 15.3. The molecule has 0 radical (unpaired) electrons. The van der Waals surface area contributed by atoms with E-state index < -0.39 is 0 Å². The zero-order valence-electron chi connectivity index (χ0n) is 13.8. The molecule has 3 aromatic rings. The van der Waals surface area contributed by atoms with Crippen LogP contribution in [-0.2, 0) is 0 Å². The second-order valence-corrected chi connectivity index (χ2v) is 5.50. The summed E-state index contributed by atoms with van der Waals surface area (Å²) < 4.78 is 7.14. The monoisotopic (exact) mass is 339 g/mol. The Balaban J connectivity index is 1.96. The summed E-state index contributed by atoms with van der Waals surface area (Å²) in [5.41, 5.74) is 13.2. The van der Waals surface area contributed by atoms with Crippen molar-refractivity contribution in [1.82, 2.24) is 35.2 Å². The predicted molar refractivity (Wildman–Crippen MR) is 92.6 cm³/mol. The highest BCUT2D eigenvalue weighted by Gasteiger charge is 2.19. The molecule has 0 aromatic carbocycles. The third kappa shape index (κ3) is 2.83. The van der Waals surface area contributed by atoms with Crippen molar-refractivity contribution in [3.05, 3.63) is 24.2 Å². The number of aliphatic imine (C=N–C) groups is 1. The van der Waals surface area contributed by atoms with Crippen LogP contribution in [0.4, 0.5) is 11.8 Å². The molecule has 128 valence electrons. The van der Waals surface area contributed by atoms with Gasteiger partial charge in [0.05, 0.1) is 7.11 Å². The quantitative estimate of drug-likeness (QED) is 0.633. The SMILES string of the molecule is COc1ccn2c(-c3nc(C)nc(N)n3)c(N=C3CCNN3)nc2c1. The van der Waals surface area contributed by atoms with Crippen molar-refractivity contribution in [2.75, 3.05) is 19.4 Å². The number of anilines is 1. The zero-order chi connectivity index (χ0) is 17.4. The Labute approximate surface area is 143 Å². The highest BCUT2D eigenvalue weighted by molar-refractivity contribution is 5.87. The predicted octanol–water partition coefficient (Wildman–Crippen LogP) is 0.613. The van der Waals surface area contributed by atoms with Gasteiger partial charge in [-0.1, -0.05) is 0 Å². The molecule has 0 aliphatic carbocycles. The fourth-order valence-corrected chi connectivity index (χ4v) is 2.65. The van der Waals surface area contributed by atoms with Gasteiger partial charge in [0.2, 0.25) is 5.95 Å². The number of methoxy groups -OCH3 is 1. The molecule has 0 amide bonds. The Hall–Kier alpha value is -3.27. The van der Waals surface area contributed by atoms with Crippen LogP contribution in [0.2, 0.25) is 0 Å². The van der Waals surface area contributed by atoms with Crippen molar-refractivity contribution in [2.45, 2.75) is 13.3 Å². The van der Waals surface area contributed by atoms with Crippen LogP contribution in [0.25, 0.3) is 17.2 Å². The number of nitrogens with two attached hydrogens (primary N) is 1. The maximum atomic E-state index is 5.80. The lowest BCUT2D eigenvalue weighted by Gasteiger charge is -2.05. The molecule has 1 saturated heterocycles. The zero-order valence-corrected chi connectivity index (χ0v) is 13.8. The molecular formula is C15H17N9O. The first-order valence-corrected chi connectivity index (χ1v) is 7.75. The van der Waals surface area contributed by atoms with Crippen molar-refractivity contribution in [2.24, 2.45) is 4.99 Å². The molecule has 0 atom stereocenters. The number of rotatable bonds is 3. The van der Waals surface area contributed by atoms with Gasteiger partial charge in [0.15, 0.2) is 11.6 Å². The lowest BCUT2D eigenvalue weighted by molar-refractivity contribution is 0.414. The Morgan fingerprint density at radius 3 is 2.88 bits per heavy atom. The van der Waals surface area contributed by atoms with Gasteiger partial charge in [-0.25, -0.2) is 20.4 Å². The maximum Gasteiger partial charge on any atom is 0.223 e. The fraction of sp³-hybridized carbons (Fsp3) is 0.267. The Morgan fingerprint density at radius 2 is 2.16 bits per heavy atom. The molecule has 1 fully saturated rings. The average Bonchev–Trinajstić information content (AvgIpc) is 3.20. The molecule has 10 heteroatoms. The lowest BCUT2D eigenvalue weighted by atomic mass is 10.3. The first-order valence-electron chi connectivity index (χ1n) is 7.75. The number of amidine groups is 1. The van der Waals surface area contributed by atoms with Crippen LogP contribution in [-0.4, -0.2) is 43.8 Å². The van der Waals surface area contributed by atoms with Crippen molar-refractivity contribution < 1.29 is 4.74 Å². The summed E-state index contributed by atoms with van der Waals surface area (Å²) in [4.78, 5) is 21.9. The number of hydrazine groups is 1. The number of fused-ring (bicyclic) bond motifs is 1. The number of imidazole rings is 1. The third-order valence-electron chi connectivity index (χ3n) is 3.75. The number of aromatic nitrogens is 5. The number of hydrogen-bond acceptors (Lipinski definition) is 8. The van der Waals surface area contributed by atoms with Crippen LogP contribution in [0, 0.1) is 6.92 Å². The molecule has 1 aliphatic heterocycles. The van der Waals surface area contributed by atoms with E-state index in [0.717, 1.165) is 18.8 Å². The van der Waals surface area contributed by atoms with Crippen LogP contribution in [0.1, 0.15) is 12.2 Å². The Kier molecular flexibility index (Phi) is 3.65. The number of pyridine rings is 1. The molecule has 1 aliphatic rings. The minimum Gasteiger partial charge on any atom is -0.497 e. The second kappa shape index (κ2) is 5.98. The van der Waals surface area contributed by atoms with Gasteiger partial charge in [0.1, 0.15) is 28.8 Å². The number of nitrogen functional groups attached to an aromatic ring is 1. The molecule has 25 heavy (non-hydrogen) atoms. The van der Waals surface area contributed by atoms with Crippen molar-refractivity contribution in [3.8, 4) is 17.3 Å². The van der Waals surface area contributed by atoms with E-state index >= 15 is 0 Å². The maximum absolute atomic E-state index is 5.80. The minimum atomic E-state index is 0.158. The molecule has 4 N–H and O–H groups in total. The summed E-state index contributed by atoms with van der Waals surface area (Å²) in [7, 11) is 1.61. The highest BCUT2D eigenvalue weighted by Crippen LogP contribution is 2.31. The molecule has 0 saturated carbocycles. The van der Waals surface area contributed by atoms with E-state index in [9.17, 15) is 0 Å². The van der Waals surface area contributed by atoms with E-state index in [1.54, 1.807) is 14.0 Å². The summed E-state index contributed by atoms with van der Waals surface area (Å²) in [5.74, 6) is 3.12. The summed E-state index contributed by atoms with van der Waals surface area (Å²) >= 11 is 0. The van der Waals surface area contributed by atoms with Gasteiger partial charge in [0.25, 0.3) is 0 Å². The molecule has 0 bridgehead atoms. The van der Waals surface area contributed by atoms with Gasteiger partial charge in [-0.05, 0) is 13.0 Å². The molecule has 4 heterocycles. The van der Waals surface area contributed by atoms with E-state index in [1.165, 1.54) is 0 Å². The lowest BCUT2D eigenvalue weighted by Crippen LogP contribution is -2.25. The van der Waals surface area contributed by atoms with Crippen LogP contribution < -0.4 is 21.3 Å². The van der Waals surface area contributed by atoms with E-state index in [1.807, 2.05) is 22.7 Å². The minimum absolute atomic E-state index is 0.158. The van der Waals surface area contributed by atoms with Crippen molar-refractivity contribution in [3.63, 3.8) is 0 Å². The van der Waals surface area contributed by atoms with Gasteiger partial charge in [0, 0.05) is 25.2 Å². The van der Waals surface area contributed by atoms with Crippen molar-refractivity contribution >= 4 is 23.2 Å².